The molecule has 4 aromatic rings. The Morgan fingerprint density at radius 1 is 1.19 bits per heavy atom. The van der Waals surface area contributed by atoms with E-state index in [1.165, 1.54) is 25.1 Å². The van der Waals surface area contributed by atoms with Gasteiger partial charge >= 0.3 is 6.18 Å². The number of rotatable bonds is 6. The first-order chi connectivity index (χ1) is 15.2. The maximum atomic E-state index is 13.4. The highest BCUT2D eigenvalue weighted by molar-refractivity contribution is 7.16. The first-order valence-corrected chi connectivity index (χ1v) is 10.3. The predicted octanol–water partition coefficient (Wildman–Crippen LogP) is 5.35. The molecule has 1 amide bonds. The van der Waals surface area contributed by atoms with Crippen LogP contribution in [0.25, 0.3) is 16.0 Å². The highest BCUT2D eigenvalue weighted by Crippen LogP contribution is 2.39. The van der Waals surface area contributed by atoms with Crippen LogP contribution < -0.4 is 15.2 Å². The van der Waals surface area contributed by atoms with E-state index >= 15 is 0 Å². The van der Waals surface area contributed by atoms with E-state index < -0.39 is 23.8 Å². The van der Waals surface area contributed by atoms with E-state index in [0.717, 1.165) is 22.9 Å². The van der Waals surface area contributed by atoms with Crippen molar-refractivity contribution in [1.82, 2.24) is 9.55 Å². The van der Waals surface area contributed by atoms with Crippen LogP contribution in [0.1, 0.15) is 33.8 Å². The number of alkyl halides is 3. The van der Waals surface area contributed by atoms with Gasteiger partial charge in [-0.05, 0) is 25.1 Å². The molecule has 32 heavy (non-hydrogen) atoms. The van der Waals surface area contributed by atoms with Gasteiger partial charge < -0.3 is 15.2 Å². The first kappa shape index (κ1) is 21.7. The lowest BCUT2D eigenvalue weighted by atomic mass is 10.0. The molecule has 0 saturated carbocycles. The summed E-state index contributed by atoms with van der Waals surface area (Å²) in [7, 11) is 1.55. The number of halogens is 3. The van der Waals surface area contributed by atoms with Gasteiger partial charge in [0.15, 0.2) is 0 Å². The lowest BCUT2D eigenvalue weighted by Crippen LogP contribution is -2.15. The second-order valence-electron chi connectivity index (χ2n) is 6.96. The van der Waals surface area contributed by atoms with Crippen LogP contribution >= 0.6 is 11.3 Å². The number of carbonyl (C=O) groups excluding carboxylic acids is 1. The summed E-state index contributed by atoms with van der Waals surface area (Å²) in [5.41, 5.74) is 6.11. The molecule has 0 saturated heterocycles. The van der Waals surface area contributed by atoms with Crippen LogP contribution in [0, 0.1) is 0 Å². The molecule has 0 bridgehead atoms. The number of methoxy groups -OCH3 is 1. The number of fused-ring (bicyclic) bond motifs is 1. The topological polar surface area (TPSA) is 79.4 Å². The van der Waals surface area contributed by atoms with Gasteiger partial charge in [-0.1, -0.05) is 18.2 Å². The van der Waals surface area contributed by atoms with E-state index in [9.17, 15) is 18.0 Å². The summed E-state index contributed by atoms with van der Waals surface area (Å²) in [5, 5.41) is 0.570. The van der Waals surface area contributed by atoms with Crippen LogP contribution in [0.2, 0.25) is 0 Å². The quantitative estimate of drug-likeness (QED) is 0.420. The van der Waals surface area contributed by atoms with Gasteiger partial charge in [-0.3, -0.25) is 9.36 Å². The molecule has 2 N–H and O–H groups in total. The molecule has 0 aliphatic heterocycles. The molecule has 0 aliphatic carbocycles. The van der Waals surface area contributed by atoms with Crippen LogP contribution in [0.5, 0.6) is 11.5 Å². The molecule has 4 rings (SSSR count). The number of aromatic nitrogens is 2. The molecule has 0 spiro atoms. The smallest absolute Gasteiger partial charge is 0.416 e. The van der Waals surface area contributed by atoms with E-state index in [1.54, 1.807) is 42.3 Å². The highest BCUT2D eigenvalue weighted by atomic mass is 32.1. The third-order valence-corrected chi connectivity index (χ3v) is 6.04. The number of hydrogen-bond donors (Lipinski definition) is 1. The molecule has 2 aromatic heterocycles. The number of nitrogens with two attached hydrogens (primary N) is 1. The number of thiophene rings is 1. The average Bonchev–Trinajstić information content (AvgIpc) is 3.36. The van der Waals surface area contributed by atoms with E-state index in [4.69, 9.17) is 15.2 Å². The van der Waals surface area contributed by atoms with Gasteiger partial charge in [0.1, 0.15) is 33.8 Å². The monoisotopic (exact) mass is 461 g/mol. The number of primary amides is 1. The molecule has 2 aromatic carbocycles. The summed E-state index contributed by atoms with van der Waals surface area (Å²) in [4.78, 5) is 16.5. The van der Waals surface area contributed by atoms with Gasteiger partial charge in [0.25, 0.3) is 5.91 Å². The van der Waals surface area contributed by atoms with Gasteiger partial charge in [0, 0.05) is 17.7 Å². The standard InChI is InChI=1S/C22H18F3N3O3S/c1-12(14-5-3-4-6-15(14)22(23,24)25)31-18-10-19(32-20(18)21(26)29)28-11-27-16-8-7-13(30-2)9-17(16)28/h3-12H,1-2H3,(H2,26,29)/t12-/m1/s1. The Labute approximate surface area is 185 Å². The maximum Gasteiger partial charge on any atom is 0.416 e. The van der Waals surface area contributed by atoms with Crippen molar-refractivity contribution < 1.29 is 27.4 Å². The molecular formula is C22H18F3N3O3S. The lowest BCUT2D eigenvalue weighted by molar-refractivity contribution is -0.138. The normalized spacial score (nSPS) is 12.7. The Hall–Kier alpha value is -3.53. The minimum Gasteiger partial charge on any atom is -0.497 e. The van der Waals surface area contributed by atoms with E-state index in [2.05, 4.69) is 4.98 Å². The van der Waals surface area contributed by atoms with Crippen molar-refractivity contribution in [2.75, 3.05) is 7.11 Å². The van der Waals surface area contributed by atoms with Crippen LogP contribution in [-0.2, 0) is 6.18 Å². The number of nitrogens with zero attached hydrogens (tertiary/aromatic N) is 2. The van der Waals surface area contributed by atoms with Gasteiger partial charge in [0.2, 0.25) is 0 Å². The van der Waals surface area contributed by atoms with Crippen molar-refractivity contribution in [2.24, 2.45) is 5.73 Å². The fourth-order valence-electron chi connectivity index (χ4n) is 3.39. The van der Waals surface area contributed by atoms with Crippen molar-refractivity contribution in [2.45, 2.75) is 19.2 Å². The van der Waals surface area contributed by atoms with Crippen molar-refractivity contribution in [1.29, 1.82) is 0 Å². The SMILES string of the molecule is COc1ccc2ncn(-c3cc(O[C@H](C)c4ccccc4C(F)(F)F)c(C(N)=O)s3)c2c1. The van der Waals surface area contributed by atoms with Crippen molar-refractivity contribution in [3.05, 3.63) is 70.9 Å². The van der Waals surface area contributed by atoms with E-state index in [-0.39, 0.29) is 16.2 Å². The Morgan fingerprint density at radius 2 is 1.94 bits per heavy atom. The van der Waals surface area contributed by atoms with Crippen LogP contribution in [0.15, 0.2) is 54.9 Å². The van der Waals surface area contributed by atoms with E-state index in [0.29, 0.717) is 16.3 Å². The van der Waals surface area contributed by atoms with Gasteiger partial charge in [0.05, 0.1) is 23.7 Å². The second kappa shape index (κ2) is 8.19. The highest BCUT2D eigenvalue weighted by Gasteiger charge is 2.35. The summed E-state index contributed by atoms with van der Waals surface area (Å²) in [6.07, 6.45) is -3.93. The minimum atomic E-state index is -4.53. The molecule has 0 aliphatic rings. The third-order valence-electron chi connectivity index (χ3n) is 4.91. The predicted molar refractivity (Wildman–Crippen MR) is 115 cm³/mol. The van der Waals surface area contributed by atoms with Crippen molar-refractivity contribution in [3.63, 3.8) is 0 Å². The first-order valence-electron chi connectivity index (χ1n) is 9.47. The summed E-state index contributed by atoms with van der Waals surface area (Å²) >= 11 is 1.06. The third kappa shape index (κ3) is 4.01. The minimum absolute atomic E-state index is 0.0408. The van der Waals surface area contributed by atoms with E-state index in [1.807, 2.05) is 0 Å². The van der Waals surface area contributed by atoms with Gasteiger partial charge in [-0.15, -0.1) is 11.3 Å². The maximum absolute atomic E-state index is 13.4. The van der Waals surface area contributed by atoms with Crippen molar-refractivity contribution >= 4 is 28.3 Å². The second-order valence-corrected chi connectivity index (χ2v) is 7.99. The zero-order chi connectivity index (χ0) is 23.0. The molecular weight excluding hydrogens is 443 g/mol. The van der Waals surface area contributed by atoms with Crippen LogP contribution in [0.3, 0.4) is 0 Å². The largest absolute Gasteiger partial charge is 0.497 e. The van der Waals surface area contributed by atoms with Crippen molar-refractivity contribution in [3.8, 4) is 16.5 Å². The van der Waals surface area contributed by atoms with Gasteiger partial charge in [-0.25, -0.2) is 4.98 Å². The van der Waals surface area contributed by atoms with Crippen LogP contribution in [0.4, 0.5) is 13.2 Å². The molecule has 0 unspecified atom stereocenters. The van der Waals surface area contributed by atoms with Gasteiger partial charge in [-0.2, -0.15) is 13.2 Å². The zero-order valence-corrected chi connectivity index (χ0v) is 17.8. The number of ether oxygens (including phenoxy) is 2. The Balaban J connectivity index is 1.74. The fourth-order valence-corrected chi connectivity index (χ4v) is 4.32. The Bertz CT molecular complexity index is 1300. The summed E-state index contributed by atoms with van der Waals surface area (Å²) in [6, 6.07) is 12.1. The summed E-state index contributed by atoms with van der Waals surface area (Å²) in [5.74, 6) is -0.0129. The Morgan fingerprint density at radius 3 is 2.62 bits per heavy atom. The zero-order valence-electron chi connectivity index (χ0n) is 17.0. The molecule has 2 heterocycles. The lowest BCUT2D eigenvalue weighted by Gasteiger charge is -2.19. The molecule has 10 heteroatoms. The number of hydrogen-bond acceptors (Lipinski definition) is 5. The van der Waals surface area contributed by atoms with Crippen LogP contribution in [-0.4, -0.2) is 22.6 Å². The molecule has 1 atom stereocenters. The molecule has 0 fully saturated rings. The number of carbonyl (C=O) groups is 1. The Kier molecular flexibility index (Phi) is 5.55. The number of benzene rings is 2. The molecule has 6 nitrogen and oxygen atoms in total. The fraction of sp³-hybridized carbons (Fsp3) is 0.182. The summed E-state index contributed by atoms with van der Waals surface area (Å²) in [6.45, 7) is 1.49. The molecule has 0 radical (unpaired) electrons. The number of imidazole rings is 1. The summed E-state index contributed by atoms with van der Waals surface area (Å²) < 4.78 is 53.0. The molecule has 166 valence electrons. The number of amides is 1. The average molecular weight is 461 g/mol.